The van der Waals surface area contributed by atoms with Gasteiger partial charge >= 0.3 is 0 Å². The van der Waals surface area contributed by atoms with Crippen LogP contribution in [0, 0.1) is 11.6 Å². The van der Waals surface area contributed by atoms with Crippen molar-refractivity contribution in [2.45, 2.75) is 19.8 Å². The molecule has 2 aromatic rings. The van der Waals surface area contributed by atoms with Crippen molar-refractivity contribution in [2.75, 3.05) is 5.73 Å². The number of aromatic nitrogens is 1. The Kier molecular flexibility index (Phi) is 2.10. The van der Waals surface area contributed by atoms with Gasteiger partial charge in [0.15, 0.2) is 22.7 Å². The molecule has 0 bridgehead atoms. The third kappa shape index (κ3) is 1.44. The van der Waals surface area contributed by atoms with Crippen LogP contribution in [0.3, 0.4) is 0 Å². The molecule has 1 heterocycles. The zero-order valence-corrected chi connectivity index (χ0v) is 8.34. The lowest BCUT2D eigenvalue weighted by atomic mass is 10.0. The van der Waals surface area contributed by atoms with Crippen molar-refractivity contribution >= 4 is 17.1 Å². The summed E-state index contributed by atoms with van der Waals surface area (Å²) < 4.78 is 31.5. The molecule has 0 amide bonds. The summed E-state index contributed by atoms with van der Waals surface area (Å²) in [5.41, 5.74) is 5.96. The van der Waals surface area contributed by atoms with Gasteiger partial charge in [-0.05, 0) is 12.0 Å². The molecule has 0 spiro atoms. The van der Waals surface area contributed by atoms with Crippen molar-refractivity contribution < 1.29 is 13.2 Å². The molecule has 2 N–H and O–H groups in total. The molecule has 1 aromatic carbocycles. The Balaban J connectivity index is 2.87. The van der Waals surface area contributed by atoms with Gasteiger partial charge in [0.1, 0.15) is 0 Å². The normalized spacial score (nSPS) is 11.5. The number of hydrogen-bond donors (Lipinski definition) is 1. The van der Waals surface area contributed by atoms with Crippen LogP contribution in [0.25, 0.3) is 11.1 Å². The number of benzene rings is 1. The van der Waals surface area contributed by atoms with E-state index in [0.717, 1.165) is 6.07 Å². The topological polar surface area (TPSA) is 52.0 Å². The van der Waals surface area contributed by atoms with Crippen molar-refractivity contribution in [1.29, 1.82) is 0 Å². The predicted octanol–water partition coefficient (Wildman–Crippen LogP) is 2.81. The van der Waals surface area contributed by atoms with E-state index < -0.39 is 11.6 Å². The van der Waals surface area contributed by atoms with Gasteiger partial charge < -0.3 is 10.2 Å². The first-order valence-corrected chi connectivity index (χ1v) is 4.54. The monoisotopic (exact) mass is 212 g/mol. The highest BCUT2D eigenvalue weighted by Crippen LogP contribution is 2.30. The number of oxazole rings is 1. The SMILES string of the molecule is CC(C)c1cc(F)c(F)c2nc(N)oc12. The standard InChI is InChI=1S/C10H10F2N2O/c1-4(2)5-3-6(11)7(12)8-9(5)15-10(13)14-8/h3-4H,1-2H3,(H2,13,14). The smallest absolute Gasteiger partial charge is 0.293 e. The average molecular weight is 212 g/mol. The summed E-state index contributed by atoms with van der Waals surface area (Å²) in [6.07, 6.45) is 0. The Bertz CT molecular complexity index is 520. The quantitative estimate of drug-likeness (QED) is 0.790. The van der Waals surface area contributed by atoms with Crippen molar-refractivity contribution in [3.63, 3.8) is 0 Å². The Morgan fingerprint density at radius 1 is 1.40 bits per heavy atom. The highest BCUT2D eigenvalue weighted by atomic mass is 19.2. The number of halogens is 2. The minimum Gasteiger partial charge on any atom is -0.423 e. The summed E-state index contributed by atoms with van der Waals surface area (Å²) in [6.45, 7) is 3.70. The maximum atomic E-state index is 13.3. The first-order chi connectivity index (χ1) is 7.00. The molecule has 2 rings (SSSR count). The molecule has 0 fully saturated rings. The zero-order valence-electron chi connectivity index (χ0n) is 8.34. The summed E-state index contributed by atoms with van der Waals surface area (Å²) in [7, 11) is 0. The third-order valence-electron chi connectivity index (χ3n) is 2.23. The molecular weight excluding hydrogens is 202 g/mol. The van der Waals surface area contributed by atoms with Gasteiger partial charge in [-0.15, -0.1) is 0 Å². The molecule has 0 atom stereocenters. The summed E-state index contributed by atoms with van der Waals surface area (Å²) in [5, 5.41) is 0. The summed E-state index contributed by atoms with van der Waals surface area (Å²) in [6, 6.07) is 0.962. The fraction of sp³-hybridized carbons (Fsp3) is 0.300. The predicted molar refractivity (Wildman–Crippen MR) is 52.4 cm³/mol. The van der Waals surface area contributed by atoms with Crippen LogP contribution in [-0.4, -0.2) is 4.98 Å². The van der Waals surface area contributed by atoms with Crippen LogP contribution < -0.4 is 5.73 Å². The minimum atomic E-state index is -1.02. The molecular formula is C10H10F2N2O. The van der Waals surface area contributed by atoms with Crippen LogP contribution in [0.1, 0.15) is 25.3 Å². The first-order valence-electron chi connectivity index (χ1n) is 4.54. The number of hydrogen-bond acceptors (Lipinski definition) is 3. The molecule has 0 aliphatic carbocycles. The van der Waals surface area contributed by atoms with E-state index in [0.29, 0.717) is 5.56 Å². The highest BCUT2D eigenvalue weighted by Gasteiger charge is 2.19. The lowest BCUT2D eigenvalue weighted by Gasteiger charge is -2.05. The number of nitrogens with two attached hydrogens (primary N) is 1. The molecule has 0 aliphatic rings. The van der Waals surface area contributed by atoms with Gasteiger partial charge in [0.05, 0.1) is 0 Å². The molecule has 3 nitrogen and oxygen atoms in total. The van der Waals surface area contributed by atoms with E-state index in [-0.39, 0.29) is 23.0 Å². The van der Waals surface area contributed by atoms with Crippen molar-refractivity contribution in [1.82, 2.24) is 4.98 Å². The van der Waals surface area contributed by atoms with Crippen LogP contribution in [0.5, 0.6) is 0 Å². The van der Waals surface area contributed by atoms with Gasteiger partial charge in [-0.1, -0.05) is 13.8 Å². The second-order valence-corrected chi connectivity index (χ2v) is 3.65. The third-order valence-corrected chi connectivity index (χ3v) is 2.23. The van der Waals surface area contributed by atoms with E-state index in [9.17, 15) is 8.78 Å². The number of nitrogens with zero attached hydrogens (tertiary/aromatic N) is 1. The molecule has 80 valence electrons. The molecule has 0 saturated heterocycles. The van der Waals surface area contributed by atoms with E-state index in [4.69, 9.17) is 10.2 Å². The number of rotatable bonds is 1. The van der Waals surface area contributed by atoms with Crippen LogP contribution in [0.2, 0.25) is 0 Å². The van der Waals surface area contributed by atoms with E-state index in [2.05, 4.69) is 4.98 Å². The molecule has 5 heteroatoms. The Hall–Kier alpha value is -1.65. The highest BCUT2D eigenvalue weighted by molar-refractivity contribution is 5.79. The molecule has 0 saturated carbocycles. The second-order valence-electron chi connectivity index (χ2n) is 3.65. The Morgan fingerprint density at radius 2 is 2.07 bits per heavy atom. The lowest BCUT2D eigenvalue weighted by Crippen LogP contribution is -1.94. The van der Waals surface area contributed by atoms with Gasteiger partial charge in [-0.2, -0.15) is 4.98 Å². The summed E-state index contributed by atoms with van der Waals surface area (Å²) in [5.74, 6) is -1.94. The van der Waals surface area contributed by atoms with E-state index >= 15 is 0 Å². The maximum Gasteiger partial charge on any atom is 0.293 e. The van der Waals surface area contributed by atoms with Gasteiger partial charge in [0, 0.05) is 5.56 Å². The Labute approximate surface area is 84.9 Å². The van der Waals surface area contributed by atoms with Crippen LogP contribution in [0.4, 0.5) is 14.8 Å². The van der Waals surface area contributed by atoms with Gasteiger partial charge in [0.25, 0.3) is 6.01 Å². The van der Waals surface area contributed by atoms with Gasteiger partial charge in [-0.3, -0.25) is 0 Å². The average Bonchev–Trinajstić information content (AvgIpc) is 2.53. The summed E-state index contributed by atoms with van der Waals surface area (Å²) in [4.78, 5) is 3.61. The fourth-order valence-electron chi connectivity index (χ4n) is 1.49. The first kappa shape index (κ1) is 9.89. The largest absolute Gasteiger partial charge is 0.423 e. The van der Waals surface area contributed by atoms with E-state index in [1.54, 1.807) is 0 Å². The lowest BCUT2D eigenvalue weighted by molar-refractivity contribution is 0.512. The zero-order chi connectivity index (χ0) is 11.2. The molecule has 0 unspecified atom stereocenters. The van der Waals surface area contributed by atoms with Crippen LogP contribution in [-0.2, 0) is 0 Å². The van der Waals surface area contributed by atoms with E-state index in [1.807, 2.05) is 13.8 Å². The van der Waals surface area contributed by atoms with Gasteiger partial charge in [0.2, 0.25) is 0 Å². The second kappa shape index (κ2) is 3.18. The fourth-order valence-corrected chi connectivity index (χ4v) is 1.49. The number of anilines is 1. The van der Waals surface area contributed by atoms with Gasteiger partial charge in [-0.25, -0.2) is 8.78 Å². The van der Waals surface area contributed by atoms with E-state index in [1.165, 1.54) is 0 Å². The molecule has 0 radical (unpaired) electrons. The molecule has 1 aromatic heterocycles. The number of fused-ring (bicyclic) bond motifs is 1. The minimum absolute atomic E-state index is 0.00921. The van der Waals surface area contributed by atoms with Crippen LogP contribution in [0.15, 0.2) is 10.5 Å². The Morgan fingerprint density at radius 3 is 2.67 bits per heavy atom. The van der Waals surface area contributed by atoms with Crippen molar-refractivity contribution in [2.24, 2.45) is 0 Å². The maximum absolute atomic E-state index is 13.3. The molecule has 0 aliphatic heterocycles. The summed E-state index contributed by atoms with van der Waals surface area (Å²) >= 11 is 0. The van der Waals surface area contributed by atoms with Crippen molar-refractivity contribution in [3.05, 3.63) is 23.3 Å². The van der Waals surface area contributed by atoms with Crippen LogP contribution >= 0.6 is 0 Å². The number of nitrogen functional groups attached to an aromatic ring is 1. The molecule has 15 heavy (non-hydrogen) atoms. The van der Waals surface area contributed by atoms with Crippen molar-refractivity contribution in [3.8, 4) is 0 Å².